The molecular weight excluding hydrogens is 286 g/mol. The summed E-state index contributed by atoms with van der Waals surface area (Å²) in [5.41, 5.74) is 0.613. The molecule has 5 aliphatic carbocycles. The second kappa shape index (κ2) is 7.01. The van der Waals surface area contributed by atoms with Crippen molar-refractivity contribution in [2.45, 2.75) is 82.8 Å². The van der Waals surface area contributed by atoms with Gasteiger partial charge in [-0.05, 0) is 81.0 Å². The lowest BCUT2D eigenvalue weighted by molar-refractivity contribution is -0.0730. The zero-order valence-corrected chi connectivity index (χ0v) is 14.6. The van der Waals surface area contributed by atoms with Crippen molar-refractivity contribution < 1.29 is 9.84 Å². The molecule has 5 aliphatic rings. The first kappa shape index (κ1) is 16.4. The molecule has 132 valence electrons. The number of aliphatic hydroxyl groups is 1. The Morgan fingerprint density at radius 3 is 2.22 bits per heavy atom. The van der Waals surface area contributed by atoms with Gasteiger partial charge in [-0.2, -0.15) is 0 Å². The molecule has 4 bridgehead atoms. The van der Waals surface area contributed by atoms with E-state index in [1.165, 1.54) is 70.6 Å². The van der Waals surface area contributed by atoms with E-state index in [9.17, 15) is 5.11 Å². The van der Waals surface area contributed by atoms with Crippen LogP contribution < -0.4 is 5.32 Å². The van der Waals surface area contributed by atoms with Crippen molar-refractivity contribution in [2.24, 2.45) is 23.2 Å². The van der Waals surface area contributed by atoms with Crippen molar-refractivity contribution in [3.63, 3.8) is 0 Å². The number of hydrogen-bond donors (Lipinski definition) is 2. The van der Waals surface area contributed by atoms with Gasteiger partial charge in [-0.25, -0.2) is 0 Å². The van der Waals surface area contributed by atoms with E-state index in [-0.39, 0.29) is 6.10 Å². The summed E-state index contributed by atoms with van der Waals surface area (Å²) in [4.78, 5) is 0. The molecule has 0 unspecified atom stereocenters. The van der Waals surface area contributed by atoms with Gasteiger partial charge in [0.05, 0.1) is 12.7 Å². The summed E-state index contributed by atoms with van der Waals surface area (Å²) in [5.74, 6) is 3.09. The molecule has 1 atom stereocenters. The highest BCUT2D eigenvalue weighted by molar-refractivity contribution is 5.01. The third-order valence-electron chi connectivity index (χ3n) is 7.25. The van der Waals surface area contributed by atoms with E-state index in [2.05, 4.69) is 5.32 Å². The summed E-state index contributed by atoms with van der Waals surface area (Å²) in [6.45, 7) is 2.06. The molecule has 0 heterocycles. The van der Waals surface area contributed by atoms with Crippen molar-refractivity contribution in [3.05, 3.63) is 0 Å². The average molecular weight is 322 g/mol. The Labute approximate surface area is 141 Å². The molecule has 3 heteroatoms. The quantitative estimate of drug-likeness (QED) is 0.672. The highest BCUT2D eigenvalue weighted by atomic mass is 16.5. The third-order valence-corrected chi connectivity index (χ3v) is 7.25. The molecule has 0 aromatic rings. The first-order valence-electron chi connectivity index (χ1n) is 10.2. The third kappa shape index (κ3) is 3.93. The topological polar surface area (TPSA) is 41.5 Å². The van der Waals surface area contributed by atoms with Crippen LogP contribution in [0.25, 0.3) is 0 Å². The molecule has 0 aromatic heterocycles. The lowest BCUT2D eigenvalue weighted by Gasteiger charge is -2.57. The van der Waals surface area contributed by atoms with Crippen LogP contribution in [-0.4, -0.2) is 37.0 Å². The Hall–Kier alpha value is -0.120. The van der Waals surface area contributed by atoms with Crippen molar-refractivity contribution in [1.29, 1.82) is 0 Å². The molecule has 0 radical (unpaired) electrons. The fourth-order valence-corrected chi connectivity index (χ4v) is 6.60. The van der Waals surface area contributed by atoms with Crippen LogP contribution in [0.4, 0.5) is 0 Å². The van der Waals surface area contributed by atoms with E-state index in [0.29, 0.717) is 24.6 Å². The van der Waals surface area contributed by atoms with E-state index in [4.69, 9.17) is 4.74 Å². The van der Waals surface area contributed by atoms with Gasteiger partial charge in [0.1, 0.15) is 0 Å². The lowest BCUT2D eigenvalue weighted by Crippen LogP contribution is -2.46. The molecule has 0 aliphatic heterocycles. The van der Waals surface area contributed by atoms with E-state index >= 15 is 0 Å². The van der Waals surface area contributed by atoms with Crippen molar-refractivity contribution in [1.82, 2.24) is 5.32 Å². The maximum atomic E-state index is 10.1. The van der Waals surface area contributed by atoms with E-state index in [1.54, 1.807) is 0 Å². The van der Waals surface area contributed by atoms with Crippen LogP contribution in [-0.2, 0) is 4.74 Å². The minimum Gasteiger partial charge on any atom is -0.389 e. The molecular formula is C20H35NO2. The molecule has 0 spiro atoms. The standard InChI is InChI=1S/C20H35NO2/c22-19(13-21-18-3-1-2-4-18)14-23-6-5-20-10-15-7-16(11-20)9-17(8-15)12-20/h15-19,21-22H,1-14H2/t15?,16?,17?,19-,20?/m0/s1. The maximum Gasteiger partial charge on any atom is 0.0897 e. The zero-order chi connectivity index (χ0) is 15.7. The summed E-state index contributed by atoms with van der Waals surface area (Å²) in [5, 5.41) is 13.6. The maximum absolute atomic E-state index is 10.1. The predicted octanol–water partition coefficient (Wildman–Crippen LogP) is 3.50. The molecule has 23 heavy (non-hydrogen) atoms. The monoisotopic (exact) mass is 321 g/mol. The van der Waals surface area contributed by atoms with Crippen LogP contribution >= 0.6 is 0 Å². The van der Waals surface area contributed by atoms with Crippen LogP contribution in [0, 0.1) is 23.2 Å². The summed E-state index contributed by atoms with van der Waals surface area (Å²) in [7, 11) is 0. The van der Waals surface area contributed by atoms with Gasteiger partial charge >= 0.3 is 0 Å². The molecule has 2 N–H and O–H groups in total. The molecule has 0 amide bonds. The Bertz CT molecular complexity index is 356. The summed E-state index contributed by atoms with van der Waals surface area (Å²) < 4.78 is 5.86. The van der Waals surface area contributed by atoms with Crippen LogP contribution in [0.15, 0.2) is 0 Å². The molecule has 3 nitrogen and oxygen atoms in total. The smallest absolute Gasteiger partial charge is 0.0897 e. The Morgan fingerprint density at radius 1 is 1.00 bits per heavy atom. The number of nitrogens with one attached hydrogen (secondary N) is 1. The normalized spacial score (nSPS) is 40.8. The summed E-state index contributed by atoms with van der Waals surface area (Å²) in [6, 6.07) is 0.636. The first-order valence-corrected chi connectivity index (χ1v) is 10.2. The Kier molecular flexibility index (Phi) is 4.99. The second-order valence-corrected chi connectivity index (χ2v) is 9.29. The van der Waals surface area contributed by atoms with Gasteiger partial charge in [0.15, 0.2) is 0 Å². The van der Waals surface area contributed by atoms with Gasteiger partial charge in [0, 0.05) is 19.2 Å². The largest absolute Gasteiger partial charge is 0.389 e. The van der Waals surface area contributed by atoms with E-state index < -0.39 is 0 Å². The van der Waals surface area contributed by atoms with Gasteiger partial charge in [-0.1, -0.05) is 12.8 Å². The van der Waals surface area contributed by atoms with Crippen LogP contribution in [0.2, 0.25) is 0 Å². The van der Waals surface area contributed by atoms with Crippen LogP contribution in [0.5, 0.6) is 0 Å². The number of hydrogen-bond acceptors (Lipinski definition) is 3. The first-order chi connectivity index (χ1) is 11.2. The number of ether oxygens (including phenoxy) is 1. The van der Waals surface area contributed by atoms with Crippen molar-refractivity contribution in [3.8, 4) is 0 Å². The zero-order valence-electron chi connectivity index (χ0n) is 14.6. The van der Waals surface area contributed by atoms with E-state index in [1.807, 2.05) is 0 Å². The average Bonchev–Trinajstić information content (AvgIpc) is 3.02. The van der Waals surface area contributed by atoms with E-state index in [0.717, 1.165) is 24.4 Å². The second-order valence-electron chi connectivity index (χ2n) is 9.29. The number of rotatable bonds is 8. The van der Waals surface area contributed by atoms with Crippen molar-refractivity contribution >= 4 is 0 Å². The van der Waals surface area contributed by atoms with Gasteiger partial charge in [-0.15, -0.1) is 0 Å². The Balaban J connectivity index is 1.13. The minimum atomic E-state index is -0.341. The highest BCUT2D eigenvalue weighted by Crippen LogP contribution is 2.61. The van der Waals surface area contributed by atoms with Gasteiger partial charge < -0.3 is 15.2 Å². The van der Waals surface area contributed by atoms with Crippen molar-refractivity contribution in [2.75, 3.05) is 19.8 Å². The molecule has 0 aromatic carbocycles. The molecule has 0 saturated heterocycles. The fraction of sp³-hybridized carbons (Fsp3) is 1.00. The minimum absolute atomic E-state index is 0.341. The molecule has 5 saturated carbocycles. The van der Waals surface area contributed by atoms with Gasteiger partial charge in [-0.3, -0.25) is 0 Å². The SMILES string of the molecule is O[C@@H](CNC1CCCC1)COCCC12CC3CC(CC(C3)C1)C2. The fourth-order valence-electron chi connectivity index (χ4n) is 6.60. The van der Waals surface area contributed by atoms with Crippen LogP contribution in [0.3, 0.4) is 0 Å². The van der Waals surface area contributed by atoms with Crippen LogP contribution in [0.1, 0.15) is 70.6 Å². The molecule has 5 rings (SSSR count). The number of aliphatic hydroxyl groups excluding tert-OH is 1. The molecule has 5 fully saturated rings. The summed E-state index contributed by atoms with van der Waals surface area (Å²) in [6.07, 6.45) is 15.1. The van der Waals surface area contributed by atoms with Gasteiger partial charge in [0.25, 0.3) is 0 Å². The summed E-state index contributed by atoms with van der Waals surface area (Å²) >= 11 is 0. The van der Waals surface area contributed by atoms with Gasteiger partial charge in [0.2, 0.25) is 0 Å². The Morgan fingerprint density at radius 2 is 1.61 bits per heavy atom. The lowest BCUT2D eigenvalue weighted by atomic mass is 9.49. The predicted molar refractivity (Wildman–Crippen MR) is 92.3 cm³/mol. The highest BCUT2D eigenvalue weighted by Gasteiger charge is 2.50.